The van der Waals surface area contributed by atoms with Gasteiger partial charge in [-0.15, -0.1) is 0 Å². The van der Waals surface area contributed by atoms with Gasteiger partial charge in [0, 0.05) is 49.5 Å². The second-order valence-electron chi connectivity index (χ2n) is 9.93. The first kappa shape index (κ1) is 23.7. The van der Waals surface area contributed by atoms with Gasteiger partial charge in [0.1, 0.15) is 12.4 Å². The lowest BCUT2D eigenvalue weighted by Crippen LogP contribution is -2.63. The van der Waals surface area contributed by atoms with E-state index in [-0.39, 0.29) is 22.8 Å². The average Bonchev–Trinajstić information content (AvgIpc) is 3.28. The van der Waals surface area contributed by atoms with Crippen LogP contribution < -0.4 is 0 Å². The molecule has 188 valence electrons. The van der Waals surface area contributed by atoms with Crippen LogP contribution in [0.4, 0.5) is 22.4 Å². The number of halogens is 4. The number of carbonyl (C=O) groups is 2. The summed E-state index contributed by atoms with van der Waals surface area (Å²) in [5.41, 5.74) is 1.03. The Morgan fingerprint density at radius 1 is 1.14 bits per heavy atom. The van der Waals surface area contributed by atoms with Gasteiger partial charge < -0.3 is 14.5 Å². The van der Waals surface area contributed by atoms with Gasteiger partial charge in [-0.2, -0.15) is 23.4 Å². The van der Waals surface area contributed by atoms with Gasteiger partial charge in [-0.1, -0.05) is 6.07 Å². The van der Waals surface area contributed by atoms with Crippen molar-refractivity contribution in [2.24, 2.45) is 21.6 Å². The maximum absolute atomic E-state index is 14.0. The van der Waals surface area contributed by atoms with E-state index in [1.54, 1.807) is 0 Å². The van der Waals surface area contributed by atoms with E-state index < -0.39 is 30.3 Å². The summed E-state index contributed by atoms with van der Waals surface area (Å²) in [5, 5.41) is 8.23. The Bertz CT molecular complexity index is 1080. The Kier molecular flexibility index (Phi) is 6.04. The van der Waals surface area contributed by atoms with E-state index >= 15 is 0 Å². The molecule has 3 heterocycles. The third kappa shape index (κ3) is 4.77. The number of amides is 2. The number of allylic oxidation sites excluding steroid dienone is 1. The number of piperidine rings is 1. The first-order valence-electron chi connectivity index (χ1n) is 11.8. The SMILES string of the molecule is O=C(OCc1ccc(C(F)(F)F)cc1F)N1CCC2(CC1)CN(C(=O)C1CCC3=C(C1)N=NC3)C2. The molecule has 1 aromatic carbocycles. The summed E-state index contributed by atoms with van der Waals surface area (Å²) in [6.45, 7) is 2.49. The zero-order valence-corrected chi connectivity index (χ0v) is 19.1. The quantitative estimate of drug-likeness (QED) is 0.560. The zero-order chi connectivity index (χ0) is 24.8. The number of rotatable bonds is 3. The van der Waals surface area contributed by atoms with Crippen molar-refractivity contribution in [3.63, 3.8) is 0 Å². The summed E-state index contributed by atoms with van der Waals surface area (Å²) in [6.07, 6.45) is -1.41. The fourth-order valence-electron chi connectivity index (χ4n) is 5.40. The van der Waals surface area contributed by atoms with Crippen molar-refractivity contribution in [3.8, 4) is 0 Å². The van der Waals surface area contributed by atoms with Crippen molar-refractivity contribution >= 4 is 12.0 Å². The second kappa shape index (κ2) is 8.91. The van der Waals surface area contributed by atoms with E-state index in [0.717, 1.165) is 43.5 Å². The lowest BCUT2D eigenvalue weighted by molar-refractivity contribution is -0.151. The number of hydrogen-bond donors (Lipinski definition) is 0. The molecule has 5 rings (SSSR count). The molecule has 11 heteroatoms. The molecule has 1 atom stereocenters. The van der Waals surface area contributed by atoms with Crippen molar-refractivity contribution < 1.29 is 31.9 Å². The minimum atomic E-state index is -4.64. The fourth-order valence-corrected chi connectivity index (χ4v) is 5.40. The van der Waals surface area contributed by atoms with Gasteiger partial charge in [0.25, 0.3) is 0 Å². The third-order valence-corrected chi connectivity index (χ3v) is 7.62. The number of azo groups is 1. The molecule has 35 heavy (non-hydrogen) atoms. The molecule has 0 aromatic heterocycles. The first-order chi connectivity index (χ1) is 16.6. The molecule has 4 aliphatic rings. The highest BCUT2D eigenvalue weighted by molar-refractivity contribution is 5.80. The molecular formula is C24H26F4N4O3. The molecule has 0 bridgehead atoms. The maximum atomic E-state index is 14.0. The summed E-state index contributed by atoms with van der Waals surface area (Å²) in [6, 6.07) is 2.15. The zero-order valence-electron chi connectivity index (χ0n) is 19.1. The Morgan fingerprint density at radius 3 is 2.57 bits per heavy atom. The van der Waals surface area contributed by atoms with Crippen LogP contribution in [0, 0.1) is 17.2 Å². The highest BCUT2D eigenvalue weighted by atomic mass is 19.4. The first-order valence-corrected chi connectivity index (χ1v) is 11.8. The van der Waals surface area contributed by atoms with E-state index in [1.165, 1.54) is 10.5 Å². The van der Waals surface area contributed by atoms with Gasteiger partial charge in [0.15, 0.2) is 0 Å². The fraction of sp³-hybridized carbons (Fsp3) is 0.583. The largest absolute Gasteiger partial charge is 0.444 e. The van der Waals surface area contributed by atoms with Crippen LogP contribution in [-0.4, -0.2) is 54.5 Å². The molecule has 1 unspecified atom stereocenters. The Balaban J connectivity index is 1.07. The van der Waals surface area contributed by atoms with Crippen molar-refractivity contribution in [1.29, 1.82) is 0 Å². The smallest absolute Gasteiger partial charge is 0.416 e. The van der Waals surface area contributed by atoms with Gasteiger partial charge >= 0.3 is 12.3 Å². The van der Waals surface area contributed by atoms with Gasteiger partial charge in [0.05, 0.1) is 17.8 Å². The summed E-state index contributed by atoms with van der Waals surface area (Å²) in [4.78, 5) is 28.8. The Morgan fingerprint density at radius 2 is 1.89 bits per heavy atom. The lowest BCUT2D eigenvalue weighted by atomic mass is 9.71. The molecule has 1 aromatic rings. The summed E-state index contributed by atoms with van der Waals surface area (Å²) in [5.74, 6) is -0.931. The van der Waals surface area contributed by atoms with Gasteiger partial charge in [0.2, 0.25) is 5.91 Å². The van der Waals surface area contributed by atoms with Crippen molar-refractivity contribution in [2.75, 3.05) is 32.7 Å². The van der Waals surface area contributed by atoms with Crippen LogP contribution in [0.1, 0.15) is 43.2 Å². The number of hydrogen-bond acceptors (Lipinski definition) is 5. The van der Waals surface area contributed by atoms with Crippen LogP contribution in [0.3, 0.4) is 0 Å². The normalized spacial score (nSPS) is 23.4. The lowest BCUT2D eigenvalue weighted by Gasteiger charge is -2.54. The van der Waals surface area contributed by atoms with Gasteiger partial charge in [-0.25, -0.2) is 9.18 Å². The third-order valence-electron chi connectivity index (χ3n) is 7.62. The summed E-state index contributed by atoms with van der Waals surface area (Å²) in [7, 11) is 0. The molecule has 0 saturated carbocycles. The molecule has 2 saturated heterocycles. The van der Waals surface area contributed by atoms with Crippen LogP contribution in [-0.2, 0) is 22.3 Å². The van der Waals surface area contributed by atoms with E-state index in [0.29, 0.717) is 45.2 Å². The number of carbonyl (C=O) groups excluding carboxylic acids is 2. The predicted octanol–water partition coefficient (Wildman–Crippen LogP) is 4.93. The molecule has 1 spiro atoms. The minimum Gasteiger partial charge on any atom is -0.444 e. The Hall–Kier alpha value is -2.98. The number of nitrogens with zero attached hydrogens (tertiary/aromatic N) is 4. The van der Waals surface area contributed by atoms with Crippen molar-refractivity contribution in [3.05, 3.63) is 46.4 Å². The topological polar surface area (TPSA) is 74.6 Å². The number of benzene rings is 1. The van der Waals surface area contributed by atoms with E-state index in [2.05, 4.69) is 10.2 Å². The van der Waals surface area contributed by atoms with Crippen molar-refractivity contribution in [2.45, 2.75) is 44.9 Å². The second-order valence-corrected chi connectivity index (χ2v) is 9.93. The van der Waals surface area contributed by atoms with Crippen LogP contribution in [0.15, 0.2) is 39.7 Å². The molecule has 2 fully saturated rings. The monoisotopic (exact) mass is 494 g/mol. The van der Waals surface area contributed by atoms with E-state index in [9.17, 15) is 27.2 Å². The number of alkyl halides is 3. The molecule has 1 aliphatic carbocycles. The van der Waals surface area contributed by atoms with E-state index in [4.69, 9.17) is 4.74 Å². The van der Waals surface area contributed by atoms with Crippen LogP contribution in [0.25, 0.3) is 0 Å². The van der Waals surface area contributed by atoms with E-state index in [1.807, 2.05) is 4.90 Å². The van der Waals surface area contributed by atoms with Crippen LogP contribution >= 0.6 is 0 Å². The molecule has 7 nitrogen and oxygen atoms in total. The van der Waals surface area contributed by atoms with Gasteiger partial charge in [-0.05, 0) is 43.4 Å². The predicted molar refractivity (Wildman–Crippen MR) is 115 cm³/mol. The van der Waals surface area contributed by atoms with Crippen molar-refractivity contribution in [1.82, 2.24) is 9.80 Å². The number of likely N-dealkylation sites (tertiary alicyclic amines) is 2. The molecule has 2 amide bonds. The molecule has 0 radical (unpaired) electrons. The maximum Gasteiger partial charge on any atom is 0.416 e. The van der Waals surface area contributed by atoms with Crippen LogP contribution in [0.2, 0.25) is 0 Å². The summed E-state index contributed by atoms with van der Waals surface area (Å²) < 4.78 is 57.1. The van der Waals surface area contributed by atoms with Crippen LogP contribution in [0.5, 0.6) is 0 Å². The standard InChI is InChI=1S/C24H26F4N4O3/c25-19-10-18(24(26,27)28)4-3-17(19)12-35-22(34)31-7-5-23(6-8-31)13-32(14-23)21(33)15-1-2-16-11-29-30-20(16)9-15/h3-4,10,15H,1-2,5-9,11-14H2. The highest BCUT2D eigenvalue weighted by Gasteiger charge is 2.48. The Labute approximate surface area is 199 Å². The molecule has 0 N–H and O–H groups in total. The summed E-state index contributed by atoms with van der Waals surface area (Å²) >= 11 is 0. The molecule has 3 aliphatic heterocycles. The minimum absolute atomic E-state index is 0.00185. The molecular weight excluding hydrogens is 468 g/mol. The average molecular weight is 494 g/mol. The van der Waals surface area contributed by atoms with Gasteiger partial charge in [-0.3, -0.25) is 4.79 Å². The number of ether oxygens (including phenoxy) is 1. The highest BCUT2D eigenvalue weighted by Crippen LogP contribution is 2.43.